The van der Waals surface area contributed by atoms with Gasteiger partial charge in [0.2, 0.25) is 11.8 Å². The van der Waals surface area contributed by atoms with Crippen LogP contribution in [0.3, 0.4) is 0 Å². The van der Waals surface area contributed by atoms with Crippen LogP contribution in [0.15, 0.2) is 54.9 Å². The molecule has 2 aliphatic heterocycles. The summed E-state index contributed by atoms with van der Waals surface area (Å²) >= 11 is 0. The van der Waals surface area contributed by atoms with E-state index in [9.17, 15) is 24.3 Å². The lowest BCUT2D eigenvalue weighted by atomic mass is 9.91. The van der Waals surface area contributed by atoms with Crippen LogP contribution in [-0.2, 0) is 25.7 Å². The molecule has 2 saturated heterocycles. The van der Waals surface area contributed by atoms with Crippen molar-refractivity contribution in [2.24, 2.45) is 11.8 Å². The highest BCUT2D eigenvalue weighted by Gasteiger charge is 2.31. The molecular formula is C30H38N4O6. The van der Waals surface area contributed by atoms with Gasteiger partial charge in [-0.15, -0.1) is 0 Å². The van der Waals surface area contributed by atoms with E-state index in [-0.39, 0.29) is 36.9 Å². The van der Waals surface area contributed by atoms with E-state index in [0.717, 1.165) is 31.2 Å². The summed E-state index contributed by atoms with van der Waals surface area (Å²) < 4.78 is 5.44. The number of likely N-dealkylation sites (tertiary alicyclic amines) is 2. The second-order valence-electron chi connectivity index (χ2n) is 10.6. The Morgan fingerprint density at radius 3 is 2.48 bits per heavy atom. The molecular weight excluding hydrogens is 512 g/mol. The fraction of sp³-hybridized carbons (Fsp3) is 0.500. The van der Waals surface area contributed by atoms with E-state index in [1.807, 2.05) is 30.3 Å². The molecule has 40 heavy (non-hydrogen) atoms. The van der Waals surface area contributed by atoms with Crippen LogP contribution in [0, 0.1) is 11.8 Å². The zero-order valence-corrected chi connectivity index (χ0v) is 22.7. The van der Waals surface area contributed by atoms with E-state index in [1.54, 1.807) is 34.3 Å². The van der Waals surface area contributed by atoms with Gasteiger partial charge in [0.15, 0.2) is 0 Å². The Morgan fingerprint density at radius 1 is 1.00 bits per heavy atom. The van der Waals surface area contributed by atoms with E-state index >= 15 is 0 Å². The number of hydrogen-bond donors (Lipinski definition) is 2. The SMILES string of the molecule is O=C(O)CC(NC(=O)[C@@H]1CCCN(C(=O)CCC2CCN(C(=O)OCc3ccccc3)CC2)C1)c1cccnc1. The van der Waals surface area contributed by atoms with Gasteiger partial charge in [-0.2, -0.15) is 0 Å². The second kappa shape index (κ2) is 14.4. The van der Waals surface area contributed by atoms with Gasteiger partial charge >= 0.3 is 12.1 Å². The molecule has 1 unspecified atom stereocenters. The number of benzene rings is 1. The van der Waals surface area contributed by atoms with Crippen molar-refractivity contribution in [1.82, 2.24) is 20.1 Å². The molecule has 10 nitrogen and oxygen atoms in total. The van der Waals surface area contributed by atoms with Crippen molar-refractivity contribution in [3.8, 4) is 0 Å². The van der Waals surface area contributed by atoms with Crippen molar-refractivity contribution in [3.63, 3.8) is 0 Å². The number of ether oxygens (including phenoxy) is 1. The van der Waals surface area contributed by atoms with Gasteiger partial charge in [0.05, 0.1) is 18.4 Å². The number of hydrogen-bond acceptors (Lipinski definition) is 6. The normalized spacial score (nSPS) is 18.6. The van der Waals surface area contributed by atoms with Gasteiger partial charge in [-0.05, 0) is 55.2 Å². The van der Waals surface area contributed by atoms with Crippen LogP contribution >= 0.6 is 0 Å². The molecule has 2 N–H and O–H groups in total. The molecule has 0 aliphatic carbocycles. The quantitative estimate of drug-likeness (QED) is 0.461. The predicted molar refractivity (Wildman–Crippen MR) is 147 cm³/mol. The predicted octanol–water partition coefficient (Wildman–Crippen LogP) is 3.78. The summed E-state index contributed by atoms with van der Waals surface area (Å²) in [6.45, 7) is 2.45. The summed E-state index contributed by atoms with van der Waals surface area (Å²) in [4.78, 5) is 57.4. The molecule has 214 valence electrons. The number of carbonyl (C=O) groups excluding carboxylic acids is 3. The van der Waals surface area contributed by atoms with E-state index in [1.165, 1.54) is 0 Å². The average Bonchev–Trinajstić information content (AvgIpc) is 2.99. The van der Waals surface area contributed by atoms with Crippen LogP contribution in [0.25, 0.3) is 0 Å². The first-order chi connectivity index (χ1) is 19.4. The minimum absolute atomic E-state index is 0.0385. The second-order valence-corrected chi connectivity index (χ2v) is 10.6. The summed E-state index contributed by atoms with van der Waals surface area (Å²) in [5.74, 6) is -1.22. The standard InChI is InChI=1S/C30H38N4O6/c35-27(11-10-22-12-16-33(17-13-22)30(39)40-21-23-6-2-1-3-7-23)34-15-5-9-25(20-34)29(38)32-26(18-28(36)37)24-8-4-14-31-19-24/h1-4,6-8,14,19,22,25-26H,5,9-13,15-18,20-21H2,(H,32,38)(H,36,37)/t25-,26?/m1/s1. The fourth-order valence-corrected chi connectivity index (χ4v) is 5.42. The molecule has 0 spiro atoms. The molecule has 2 fully saturated rings. The van der Waals surface area contributed by atoms with Gasteiger partial charge in [0.1, 0.15) is 6.61 Å². The maximum Gasteiger partial charge on any atom is 0.410 e. The molecule has 0 saturated carbocycles. The third kappa shape index (κ3) is 8.53. The highest BCUT2D eigenvalue weighted by Crippen LogP contribution is 2.25. The Balaban J connectivity index is 1.19. The summed E-state index contributed by atoms with van der Waals surface area (Å²) in [5, 5.41) is 12.2. The van der Waals surface area contributed by atoms with Crippen LogP contribution in [0.1, 0.15) is 62.1 Å². The molecule has 2 aromatic rings. The number of aromatic nitrogens is 1. The Kier molecular flexibility index (Phi) is 10.5. The highest BCUT2D eigenvalue weighted by atomic mass is 16.6. The van der Waals surface area contributed by atoms with Crippen molar-refractivity contribution >= 4 is 23.9 Å². The van der Waals surface area contributed by atoms with Crippen molar-refractivity contribution < 1.29 is 29.0 Å². The number of carboxylic acids is 1. The van der Waals surface area contributed by atoms with Crippen molar-refractivity contribution in [1.29, 1.82) is 0 Å². The number of piperidine rings is 2. The van der Waals surface area contributed by atoms with Crippen molar-refractivity contribution in [2.75, 3.05) is 26.2 Å². The topological polar surface area (TPSA) is 129 Å². The number of amides is 3. The minimum atomic E-state index is -1.01. The molecule has 3 heterocycles. The summed E-state index contributed by atoms with van der Waals surface area (Å²) in [5.41, 5.74) is 1.59. The number of aliphatic carboxylic acids is 1. The molecule has 2 atom stereocenters. The van der Waals surface area contributed by atoms with Crippen molar-refractivity contribution in [3.05, 3.63) is 66.0 Å². The molecule has 10 heteroatoms. The third-order valence-corrected chi connectivity index (χ3v) is 7.77. The molecule has 1 aromatic heterocycles. The molecule has 2 aliphatic rings. The Morgan fingerprint density at radius 2 is 1.77 bits per heavy atom. The molecule has 4 rings (SSSR count). The lowest BCUT2D eigenvalue weighted by Gasteiger charge is -2.34. The Hall–Kier alpha value is -3.95. The summed E-state index contributed by atoms with van der Waals surface area (Å²) in [6.07, 6.45) is 6.82. The highest BCUT2D eigenvalue weighted by molar-refractivity contribution is 5.82. The lowest BCUT2D eigenvalue weighted by Crippen LogP contribution is -2.46. The van der Waals surface area contributed by atoms with Crippen molar-refractivity contribution in [2.45, 2.75) is 57.6 Å². The molecule has 1 aromatic carbocycles. The van der Waals surface area contributed by atoms with Crippen LogP contribution < -0.4 is 5.32 Å². The maximum absolute atomic E-state index is 13.0. The number of nitrogens with zero attached hydrogens (tertiary/aromatic N) is 3. The zero-order chi connectivity index (χ0) is 28.3. The largest absolute Gasteiger partial charge is 0.481 e. The average molecular weight is 551 g/mol. The van der Waals surface area contributed by atoms with Gasteiger partial charge in [-0.25, -0.2) is 4.79 Å². The number of carboxylic acid groups (broad SMARTS) is 1. The third-order valence-electron chi connectivity index (χ3n) is 7.77. The Bertz CT molecular complexity index is 1140. The summed E-state index contributed by atoms with van der Waals surface area (Å²) in [7, 11) is 0. The number of carbonyl (C=O) groups is 4. The lowest BCUT2D eigenvalue weighted by molar-refractivity contribution is -0.138. The first kappa shape index (κ1) is 29.0. The number of pyridine rings is 1. The van der Waals surface area contributed by atoms with E-state index in [0.29, 0.717) is 50.5 Å². The monoisotopic (exact) mass is 550 g/mol. The zero-order valence-electron chi connectivity index (χ0n) is 22.7. The van der Waals surface area contributed by atoms with Crippen LogP contribution in [0.2, 0.25) is 0 Å². The smallest absolute Gasteiger partial charge is 0.410 e. The van der Waals surface area contributed by atoms with Gasteiger partial charge in [0.25, 0.3) is 0 Å². The van der Waals surface area contributed by atoms with Gasteiger partial charge in [0, 0.05) is 45.0 Å². The van der Waals surface area contributed by atoms with Gasteiger partial charge < -0.3 is 25.0 Å². The van der Waals surface area contributed by atoms with Gasteiger partial charge in [-0.3, -0.25) is 19.4 Å². The number of rotatable bonds is 10. The fourth-order valence-electron chi connectivity index (χ4n) is 5.42. The summed E-state index contributed by atoms with van der Waals surface area (Å²) in [6, 6.07) is 12.4. The van der Waals surface area contributed by atoms with Gasteiger partial charge in [-0.1, -0.05) is 36.4 Å². The maximum atomic E-state index is 13.0. The first-order valence-electron chi connectivity index (χ1n) is 14.0. The van der Waals surface area contributed by atoms with Crippen LogP contribution in [0.5, 0.6) is 0 Å². The van der Waals surface area contributed by atoms with Crippen LogP contribution in [0.4, 0.5) is 4.79 Å². The van der Waals surface area contributed by atoms with E-state index < -0.39 is 12.0 Å². The van der Waals surface area contributed by atoms with Crippen LogP contribution in [-0.4, -0.2) is 69.9 Å². The first-order valence-corrected chi connectivity index (χ1v) is 14.0. The molecule has 0 bridgehead atoms. The number of nitrogens with one attached hydrogen (secondary N) is 1. The minimum Gasteiger partial charge on any atom is -0.481 e. The van der Waals surface area contributed by atoms with E-state index in [4.69, 9.17) is 4.74 Å². The molecule has 3 amide bonds. The van der Waals surface area contributed by atoms with E-state index in [2.05, 4.69) is 10.3 Å². The Labute approximate surface area is 234 Å². The molecule has 0 radical (unpaired) electrons.